The molecule has 21 heavy (non-hydrogen) atoms. The van der Waals surface area contributed by atoms with E-state index in [0.717, 1.165) is 25.7 Å². The molecule has 0 heterocycles. The summed E-state index contributed by atoms with van der Waals surface area (Å²) in [6.07, 6.45) is 3.69. The maximum Gasteiger partial charge on any atom is 0.344 e. The van der Waals surface area contributed by atoms with Gasteiger partial charge in [0.1, 0.15) is 5.56 Å². The Bertz CT molecular complexity index is 552. The van der Waals surface area contributed by atoms with Crippen molar-refractivity contribution < 1.29 is 19.6 Å². The molecule has 114 valence electrons. The van der Waals surface area contributed by atoms with Gasteiger partial charge in [-0.2, -0.15) is 0 Å². The number of nitrogens with zero attached hydrogens (tertiary/aromatic N) is 1. The summed E-state index contributed by atoms with van der Waals surface area (Å²) in [7, 11) is 1.18. The Morgan fingerprint density at radius 3 is 2.67 bits per heavy atom. The number of anilines is 1. The van der Waals surface area contributed by atoms with Crippen LogP contribution < -0.4 is 5.32 Å². The number of carbonyl (C=O) groups is 1. The first-order chi connectivity index (χ1) is 10.0. The number of hydrogen-bond acceptors (Lipinski definition) is 6. The van der Waals surface area contributed by atoms with E-state index < -0.39 is 16.4 Å². The molecule has 1 aliphatic carbocycles. The number of methoxy groups -OCH3 is 1. The van der Waals surface area contributed by atoms with Crippen LogP contribution >= 0.6 is 0 Å². The van der Waals surface area contributed by atoms with Gasteiger partial charge in [0.05, 0.1) is 24.2 Å². The molecule has 7 nitrogen and oxygen atoms in total. The van der Waals surface area contributed by atoms with Crippen LogP contribution in [0.25, 0.3) is 0 Å². The van der Waals surface area contributed by atoms with E-state index in [2.05, 4.69) is 10.1 Å². The standard InChI is InChI=1S/C14H18N2O5/c1-21-13(18)11-8-10(4-5-12(11)16(19)20)15-14(9-17)6-2-3-7-14/h4-5,8,15,17H,2-3,6-7,9H2,1H3. The Kier molecular flexibility index (Phi) is 4.42. The van der Waals surface area contributed by atoms with Gasteiger partial charge in [-0.1, -0.05) is 12.8 Å². The minimum atomic E-state index is -0.755. The lowest BCUT2D eigenvalue weighted by molar-refractivity contribution is -0.385. The van der Waals surface area contributed by atoms with Gasteiger partial charge in [-0.05, 0) is 25.0 Å². The van der Waals surface area contributed by atoms with Crippen LogP contribution in [0.15, 0.2) is 18.2 Å². The largest absolute Gasteiger partial charge is 0.465 e. The van der Waals surface area contributed by atoms with Crippen molar-refractivity contribution in [3.8, 4) is 0 Å². The second-order valence-electron chi connectivity index (χ2n) is 5.25. The number of nitro benzene ring substituents is 1. The van der Waals surface area contributed by atoms with Crippen LogP contribution in [-0.4, -0.2) is 35.3 Å². The van der Waals surface area contributed by atoms with Gasteiger partial charge in [0, 0.05) is 11.8 Å². The Morgan fingerprint density at radius 2 is 2.14 bits per heavy atom. The van der Waals surface area contributed by atoms with Crippen molar-refractivity contribution in [2.75, 3.05) is 19.0 Å². The van der Waals surface area contributed by atoms with Crippen molar-refractivity contribution in [2.24, 2.45) is 0 Å². The van der Waals surface area contributed by atoms with Crippen LogP contribution in [0.5, 0.6) is 0 Å². The van der Waals surface area contributed by atoms with Crippen LogP contribution in [0.3, 0.4) is 0 Å². The number of rotatable bonds is 5. The van der Waals surface area contributed by atoms with E-state index in [9.17, 15) is 20.0 Å². The zero-order chi connectivity index (χ0) is 15.5. The van der Waals surface area contributed by atoms with Crippen molar-refractivity contribution in [1.29, 1.82) is 0 Å². The zero-order valence-corrected chi connectivity index (χ0v) is 11.8. The quantitative estimate of drug-likeness (QED) is 0.490. The fraction of sp³-hybridized carbons (Fsp3) is 0.500. The fourth-order valence-corrected chi connectivity index (χ4v) is 2.73. The summed E-state index contributed by atoms with van der Waals surface area (Å²) < 4.78 is 4.58. The number of hydrogen-bond donors (Lipinski definition) is 2. The number of ether oxygens (including phenoxy) is 1. The SMILES string of the molecule is COC(=O)c1cc(NC2(CO)CCCC2)ccc1[N+](=O)[O-]. The highest BCUT2D eigenvalue weighted by Crippen LogP contribution is 2.34. The lowest BCUT2D eigenvalue weighted by Crippen LogP contribution is -2.39. The molecule has 0 spiro atoms. The van der Waals surface area contributed by atoms with E-state index in [1.165, 1.54) is 19.2 Å². The molecule has 1 aromatic rings. The molecule has 0 amide bonds. The maximum absolute atomic E-state index is 11.7. The van der Waals surface area contributed by atoms with Gasteiger partial charge in [0.15, 0.2) is 0 Å². The van der Waals surface area contributed by atoms with Crippen molar-refractivity contribution in [3.63, 3.8) is 0 Å². The van der Waals surface area contributed by atoms with Crippen LogP contribution in [-0.2, 0) is 4.74 Å². The summed E-state index contributed by atoms with van der Waals surface area (Å²) in [5, 5.41) is 23.7. The van der Waals surface area contributed by atoms with E-state index >= 15 is 0 Å². The molecule has 2 N–H and O–H groups in total. The molecular formula is C14H18N2O5. The van der Waals surface area contributed by atoms with Crippen LogP contribution in [0, 0.1) is 10.1 Å². The van der Waals surface area contributed by atoms with Crippen LogP contribution in [0.1, 0.15) is 36.0 Å². The van der Waals surface area contributed by atoms with E-state index in [1.54, 1.807) is 6.07 Å². The van der Waals surface area contributed by atoms with E-state index in [-0.39, 0.29) is 17.9 Å². The predicted octanol–water partition coefficient (Wildman–Crippen LogP) is 2.10. The lowest BCUT2D eigenvalue weighted by Gasteiger charge is -2.29. The Balaban J connectivity index is 2.33. The first-order valence-corrected chi connectivity index (χ1v) is 6.77. The molecular weight excluding hydrogens is 276 g/mol. The van der Waals surface area contributed by atoms with Gasteiger partial charge in [-0.3, -0.25) is 10.1 Å². The summed E-state index contributed by atoms with van der Waals surface area (Å²) in [6, 6.07) is 4.22. The van der Waals surface area contributed by atoms with E-state index in [1.807, 2.05) is 0 Å². The Morgan fingerprint density at radius 1 is 1.48 bits per heavy atom. The van der Waals surface area contributed by atoms with Crippen LogP contribution in [0.4, 0.5) is 11.4 Å². The minimum absolute atomic E-state index is 0.0163. The van der Waals surface area contributed by atoms with Crippen molar-refractivity contribution >= 4 is 17.3 Å². The molecule has 0 unspecified atom stereocenters. The molecule has 1 saturated carbocycles. The number of aliphatic hydroxyl groups is 1. The van der Waals surface area contributed by atoms with Crippen molar-refractivity contribution in [2.45, 2.75) is 31.2 Å². The second kappa shape index (κ2) is 6.09. The van der Waals surface area contributed by atoms with Gasteiger partial charge in [0.2, 0.25) is 0 Å². The number of nitro groups is 1. The first-order valence-electron chi connectivity index (χ1n) is 6.77. The summed E-state index contributed by atoms with van der Waals surface area (Å²) in [5.41, 5.74) is -0.240. The third-order valence-corrected chi connectivity index (χ3v) is 3.87. The highest BCUT2D eigenvalue weighted by atomic mass is 16.6. The topological polar surface area (TPSA) is 102 Å². The Labute approximate surface area is 122 Å². The average molecular weight is 294 g/mol. The second-order valence-corrected chi connectivity index (χ2v) is 5.25. The van der Waals surface area contributed by atoms with E-state index in [0.29, 0.717) is 5.69 Å². The maximum atomic E-state index is 11.7. The molecule has 1 aliphatic rings. The summed E-state index contributed by atoms with van der Waals surface area (Å²) in [5.74, 6) is -0.755. The minimum Gasteiger partial charge on any atom is -0.465 e. The number of nitrogens with one attached hydrogen (secondary N) is 1. The third kappa shape index (κ3) is 3.13. The molecule has 0 atom stereocenters. The highest BCUT2D eigenvalue weighted by Gasteiger charge is 2.33. The fourth-order valence-electron chi connectivity index (χ4n) is 2.73. The van der Waals surface area contributed by atoms with Gasteiger partial charge < -0.3 is 15.2 Å². The average Bonchev–Trinajstić information content (AvgIpc) is 2.95. The van der Waals surface area contributed by atoms with Crippen LogP contribution in [0.2, 0.25) is 0 Å². The molecule has 2 rings (SSSR count). The van der Waals surface area contributed by atoms with Gasteiger partial charge in [-0.15, -0.1) is 0 Å². The lowest BCUT2D eigenvalue weighted by atomic mass is 9.98. The molecule has 0 radical (unpaired) electrons. The van der Waals surface area contributed by atoms with E-state index in [4.69, 9.17) is 0 Å². The van der Waals surface area contributed by atoms with Gasteiger partial charge >= 0.3 is 5.97 Å². The number of carbonyl (C=O) groups excluding carboxylic acids is 1. The Hall–Kier alpha value is -2.15. The van der Waals surface area contributed by atoms with Crippen molar-refractivity contribution in [1.82, 2.24) is 0 Å². The first kappa shape index (κ1) is 15.2. The summed E-state index contributed by atoms with van der Waals surface area (Å²) >= 11 is 0. The van der Waals surface area contributed by atoms with Gasteiger partial charge in [0.25, 0.3) is 5.69 Å². The summed E-state index contributed by atoms with van der Waals surface area (Å²) in [6.45, 7) is -0.0163. The number of aliphatic hydroxyl groups excluding tert-OH is 1. The molecule has 1 aromatic carbocycles. The predicted molar refractivity (Wildman–Crippen MR) is 76.3 cm³/mol. The molecule has 0 bridgehead atoms. The number of benzene rings is 1. The smallest absolute Gasteiger partial charge is 0.344 e. The van der Waals surface area contributed by atoms with Crippen molar-refractivity contribution in [3.05, 3.63) is 33.9 Å². The normalized spacial score (nSPS) is 16.5. The summed E-state index contributed by atoms with van der Waals surface area (Å²) in [4.78, 5) is 22.0. The van der Waals surface area contributed by atoms with Gasteiger partial charge in [-0.25, -0.2) is 4.79 Å². The molecule has 0 saturated heterocycles. The highest BCUT2D eigenvalue weighted by molar-refractivity contribution is 5.95. The monoisotopic (exact) mass is 294 g/mol. The molecule has 1 fully saturated rings. The zero-order valence-electron chi connectivity index (χ0n) is 11.8. The number of esters is 1. The molecule has 7 heteroatoms. The molecule has 0 aliphatic heterocycles. The molecule has 0 aromatic heterocycles. The third-order valence-electron chi connectivity index (χ3n) is 3.87.